The van der Waals surface area contributed by atoms with E-state index in [-0.39, 0.29) is 18.0 Å². The normalized spacial score (nSPS) is 25.4. The van der Waals surface area contributed by atoms with Crippen LogP contribution in [-0.2, 0) is 4.79 Å². The largest absolute Gasteiger partial charge is 0.326 e. The molecule has 5 heteroatoms. The molecule has 2 fully saturated rings. The van der Waals surface area contributed by atoms with Crippen molar-refractivity contribution in [2.24, 2.45) is 0 Å². The summed E-state index contributed by atoms with van der Waals surface area (Å²) in [6.45, 7) is 3.52. The number of rotatable bonds is 2. The third kappa shape index (κ3) is 2.93. The molecule has 2 saturated heterocycles. The molecule has 0 bridgehead atoms. The van der Waals surface area contributed by atoms with Crippen molar-refractivity contribution in [1.29, 1.82) is 0 Å². The van der Waals surface area contributed by atoms with E-state index >= 15 is 0 Å². The van der Waals surface area contributed by atoms with Crippen LogP contribution in [-0.4, -0.2) is 42.0 Å². The summed E-state index contributed by atoms with van der Waals surface area (Å²) in [5.41, 5.74) is 0.899. The van der Waals surface area contributed by atoms with Crippen LogP contribution >= 0.6 is 0 Å². The molecule has 2 aliphatic heterocycles. The second-order valence-corrected chi connectivity index (χ2v) is 6.15. The van der Waals surface area contributed by atoms with Crippen LogP contribution in [0.25, 0.3) is 0 Å². The maximum absolute atomic E-state index is 12.5. The molecule has 0 radical (unpaired) electrons. The molecule has 1 aromatic rings. The van der Waals surface area contributed by atoms with Gasteiger partial charge in [-0.2, -0.15) is 0 Å². The van der Waals surface area contributed by atoms with Gasteiger partial charge in [-0.3, -0.25) is 4.79 Å². The van der Waals surface area contributed by atoms with Crippen LogP contribution in [0.2, 0.25) is 0 Å². The number of hydrogen-bond donors (Lipinski definition) is 1. The van der Waals surface area contributed by atoms with E-state index in [1.54, 1.807) is 4.90 Å². The predicted molar refractivity (Wildman–Crippen MR) is 85.8 cm³/mol. The first-order valence-electron chi connectivity index (χ1n) is 8.10. The first kappa shape index (κ1) is 14.9. The molecule has 0 spiro atoms. The lowest BCUT2D eigenvalue weighted by atomic mass is 10.0. The molecule has 2 aliphatic rings. The van der Waals surface area contributed by atoms with Gasteiger partial charge in [0.05, 0.1) is 0 Å². The van der Waals surface area contributed by atoms with Gasteiger partial charge in [0.15, 0.2) is 0 Å². The number of anilines is 1. The molecule has 3 rings (SSSR count). The molecule has 5 nitrogen and oxygen atoms in total. The molecule has 118 valence electrons. The lowest BCUT2D eigenvalue weighted by molar-refractivity contribution is -0.118. The van der Waals surface area contributed by atoms with Gasteiger partial charge in [0.2, 0.25) is 5.91 Å². The number of urea groups is 1. The van der Waals surface area contributed by atoms with Gasteiger partial charge in [-0.05, 0) is 44.7 Å². The lowest BCUT2D eigenvalue weighted by Crippen LogP contribution is -2.52. The van der Waals surface area contributed by atoms with Gasteiger partial charge in [0, 0.05) is 24.8 Å². The van der Waals surface area contributed by atoms with Crippen molar-refractivity contribution in [2.75, 3.05) is 18.0 Å². The van der Waals surface area contributed by atoms with Crippen molar-refractivity contribution in [3.05, 3.63) is 30.3 Å². The third-order valence-corrected chi connectivity index (χ3v) is 4.63. The Hall–Kier alpha value is -2.04. The maximum atomic E-state index is 12.5. The average Bonchev–Trinajstić information content (AvgIpc) is 2.89. The number of piperidine rings is 1. The highest BCUT2D eigenvalue weighted by Gasteiger charge is 2.35. The van der Waals surface area contributed by atoms with Crippen LogP contribution in [0.15, 0.2) is 30.3 Å². The Kier molecular flexibility index (Phi) is 4.32. The first-order chi connectivity index (χ1) is 10.7. The fourth-order valence-electron chi connectivity index (χ4n) is 3.31. The summed E-state index contributed by atoms with van der Waals surface area (Å²) in [4.78, 5) is 28.5. The van der Waals surface area contributed by atoms with Crippen molar-refractivity contribution in [1.82, 2.24) is 10.2 Å². The molecule has 3 amide bonds. The van der Waals surface area contributed by atoms with E-state index in [1.165, 1.54) is 6.42 Å². The smallest absolute Gasteiger partial charge is 0.318 e. The van der Waals surface area contributed by atoms with Gasteiger partial charge in [-0.15, -0.1) is 0 Å². The molecule has 2 unspecified atom stereocenters. The zero-order chi connectivity index (χ0) is 15.5. The molecule has 0 aromatic heterocycles. The number of likely N-dealkylation sites (tertiary alicyclic amines) is 1. The van der Waals surface area contributed by atoms with Crippen LogP contribution in [0.1, 0.15) is 32.6 Å². The van der Waals surface area contributed by atoms with Gasteiger partial charge in [-0.25, -0.2) is 4.79 Å². The molecule has 2 heterocycles. The third-order valence-electron chi connectivity index (χ3n) is 4.63. The number of carbonyl (C=O) groups excluding carboxylic acids is 2. The van der Waals surface area contributed by atoms with Crippen molar-refractivity contribution in [3.63, 3.8) is 0 Å². The van der Waals surface area contributed by atoms with Crippen LogP contribution in [0.5, 0.6) is 0 Å². The minimum Gasteiger partial charge on any atom is -0.326 e. The van der Waals surface area contributed by atoms with E-state index in [2.05, 4.69) is 12.2 Å². The summed E-state index contributed by atoms with van der Waals surface area (Å²) in [6.07, 6.45) is 3.94. The number of nitrogens with zero attached hydrogens (tertiary/aromatic N) is 2. The van der Waals surface area contributed by atoms with E-state index in [4.69, 9.17) is 0 Å². The van der Waals surface area contributed by atoms with E-state index in [9.17, 15) is 9.59 Å². The molecule has 0 aliphatic carbocycles. The van der Waals surface area contributed by atoms with Gasteiger partial charge < -0.3 is 15.1 Å². The number of benzene rings is 1. The maximum Gasteiger partial charge on any atom is 0.318 e. The van der Waals surface area contributed by atoms with Crippen LogP contribution in [0.3, 0.4) is 0 Å². The Morgan fingerprint density at radius 1 is 1.14 bits per heavy atom. The van der Waals surface area contributed by atoms with E-state index in [1.807, 2.05) is 35.2 Å². The number of amides is 3. The van der Waals surface area contributed by atoms with Crippen molar-refractivity contribution >= 4 is 17.6 Å². The fourth-order valence-corrected chi connectivity index (χ4v) is 3.31. The minimum absolute atomic E-state index is 0.00999. The fraction of sp³-hybridized carbons (Fsp3) is 0.529. The highest BCUT2D eigenvalue weighted by atomic mass is 16.2. The highest BCUT2D eigenvalue weighted by molar-refractivity contribution is 6.01. The van der Waals surface area contributed by atoms with Crippen LogP contribution in [0, 0.1) is 0 Å². The monoisotopic (exact) mass is 301 g/mol. The van der Waals surface area contributed by atoms with E-state index in [0.29, 0.717) is 13.0 Å². The second-order valence-electron chi connectivity index (χ2n) is 6.15. The predicted octanol–water partition coefficient (Wildman–Crippen LogP) is 2.38. The molecule has 22 heavy (non-hydrogen) atoms. The zero-order valence-corrected chi connectivity index (χ0v) is 13.0. The van der Waals surface area contributed by atoms with Crippen molar-refractivity contribution < 1.29 is 9.59 Å². The lowest BCUT2D eigenvalue weighted by Gasteiger charge is -2.34. The standard InChI is InChI=1S/C17H23N3O2/c1-13-7-5-6-11-19(13)17(22)18-15-10-12-20(16(15)21)14-8-3-2-4-9-14/h2-4,8-9,13,15H,5-7,10-12H2,1H3,(H,18,22). The van der Waals surface area contributed by atoms with Crippen molar-refractivity contribution in [3.8, 4) is 0 Å². The summed E-state index contributed by atoms with van der Waals surface area (Å²) in [5, 5.41) is 2.92. The Morgan fingerprint density at radius 2 is 1.91 bits per heavy atom. The molecule has 1 aromatic carbocycles. The first-order valence-corrected chi connectivity index (χ1v) is 8.10. The van der Waals surface area contributed by atoms with Crippen LogP contribution < -0.4 is 10.2 Å². The van der Waals surface area contributed by atoms with Gasteiger partial charge in [0.25, 0.3) is 0 Å². The number of hydrogen-bond acceptors (Lipinski definition) is 2. The molecule has 1 N–H and O–H groups in total. The van der Waals surface area contributed by atoms with Gasteiger partial charge in [0.1, 0.15) is 6.04 Å². The molecule has 0 saturated carbocycles. The van der Waals surface area contributed by atoms with Gasteiger partial charge in [-0.1, -0.05) is 18.2 Å². The average molecular weight is 301 g/mol. The highest BCUT2D eigenvalue weighted by Crippen LogP contribution is 2.22. The van der Waals surface area contributed by atoms with E-state index in [0.717, 1.165) is 25.1 Å². The van der Waals surface area contributed by atoms with Crippen molar-refractivity contribution in [2.45, 2.75) is 44.7 Å². The Balaban J connectivity index is 1.62. The zero-order valence-electron chi connectivity index (χ0n) is 13.0. The summed E-state index contributed by atoms with van der Waals surface area (Å²) in [7, 11) is 0. The SMILES string of the molecule is CC1CCCCN1C(=O)NC1CCN(c2ccccc2)C1=O. The topological polar surface area (TPSA) is 52.7 Å². The van der Waals surface area contributed by atoms with E-state index < -0.39 is 6.04 Å². The summed E-state index contributed by atoms with van der Waals surface area (Å²) >= 11 is 0. The van der Waals surface area contributed by atoms with Crippen LogP contribution in [0.4, 0.5) is 10.5 Å². The summed E-state index contributed by atoms with van der Waals surface area (Å²) in [6, 6.07) is 9.39. The quantitative estimate of drug-likeness (QED) is 0.912. The number of para-hydroxylation sites is 1. The number of nitrogens with one attached hydrogen (secondary N) is 1. The second kappa shape index (κ2) is 6.38. The molecular weight excluding hydrogens is 278 g/mol. The minimum atomic E-state index is -0.401. The molecule has 2 atom stereocenters. The Labute approximate surface area is 131 Å². The van der Waals surface area contributed by atoms with Gasteiger partial charge >= 0.3 is 6.03 Å². The molecular formula is C17H23N3O2. The number of carbonyl (C=O) groups is 2. The Morgan fingerprint density at radius 3 is 2.64 bits per heavy atom. The summed E-state index contributed by atoms with van der Waals surface area (Å²) < 4.78 is 0. The Bertz CT molecular complexity index is 546. The summed E-state index contributed by atoms with van der Waals surface area (Å²) in [5.74, 6) is -0.00999.